The molecule has 23 heavy (non-hydrogen) atoms. The number of hydrogen-bond acceptors (Lipinski definition) is 5. The van der Waals surface area contributed by atoms with Gasteiger partial charge in [-0.25, -0.2) is 17.9 Å². The number of ether oxygens (including phenoxy) is 1. The van der Waals surface area contributed by atoms with Crippen molar-refractivity contribution in [3.8, 4) is 0 Å². The summed E-state index contributed by atoms with van der Waals surface area (Å²) in [6.45, 7) is 4.34. The molecule has 0 saturated heterocycles. The molecule has 0 unspecified atom stereocenters. The highest BCUT2D eigenvalue weighted by Crippen LogP contribution is 2.22. The molecule has 0 saturated carbocycles. The first-order chi connectivity index (χ1) is 10.8. The molecule has 0 aliphatic carbocycles. The molecule has 0 heterocycles. The molecule has 3 N–H and O–H groups in total. The summed E-state index contributed by atoms with van der Waals surface area (Å²) in [4.78, 5) is 11.3. The van der Waals surface area contributed by atoms with Gasteiger partial charge in [0.2, 0.25) is 10.0 Å². The average Bonchev–Trinajstić information content (AvgIpc) is 2.47. The van der Waals surface area contributed by atoms with Gasteiger partial charge in [-0.1, -0.05) is 13.3 Å². The fraction of sp³-hybridized carbons (Fsp3) is 0.533. The van der Waals surface area contributed by atoms with Crippen molar-refractivity contribution in [3.05, 3.63) is 23.8 Å². The molecule has 1 aromatic rings. The van der Waals surface area contributed by atoms with Crippen molar-refractivity contribution in [1.29, 1.82) is 0 Å². The number of benzene rings is 1. The zero-order valence-corrected chi connectivity index (χ0v) is 14.4. The zero-order valence-electron chi connectivity index (χ0n) is 13.6. The van der Waals surface area contributed by atoms with Crippen molar-refractivity contribution in [2.45, 2.75) is 37.6 Å². The van der Waals surface area contributed by atoms with Crippen LogP contribution in [0.2, 0.25) is 0 Å². The van der Waals surface area contributed by atoms with E-state index in [0.717, 1.165) is 12.8 Å². The Kier molecular flexibility index (Phi) is 7.47. The van der Waals surface area contributed by atoms with Crippen LogP contribution in [0.1, 0.15) is 37.0 Å². The number of rotatable bonds is 10. The summed E-state index contributed by atoms with van der Waals surface area (Å²) in [6, 6.07) is 4.14. The minimum absolute atomic E-state index is 0.0671. The van der Waals surface area contributed by atoms with Gasteiger partial charge in [0.15, 0.2) is 0 Å². The Morgan fingerprint density at radius 1 is 1.39 bits per heavy atom. The standard InChI is InChI=1S/C15H24N2O5S/c1-4-5-11(2)17-14-7-6-12(10-13(14)15(18)19)23(20,21)16-8-9-22-3/h6-7,10-11,16-17H,4-5,8-9H2,1-3H3,(H,18,19)/t11-/m0/s1. The molecule has 0 amide bonds. The van der Waals surface area contributed by atoms with E-state index in [4.69, 9.17) is 4.74 Å². The SMILES string of the molecule is CCC[C@H](C)Nc1ccc(S(=O)(=O)NCCOC)cc1C(=O)O. The highest BCUT2D eigenvalue weighted by Gasteiger charge is 2.19. The van der Waals surface area contributed by atoms with Crippen LogP contribution in [0.5, 0.6) is 0 Å². The van der Waals surface area contributed by atoms with Crippen LogP contribution in [0.25, 0.3) is 0 Å². The van der Waals surface area contributed by atoms with Crippen LogP contribution in [0.15, 0.2) is 23.1 Å². The molecule has 0 fully saturated rings. The van der Waals surface area contributed by atoms with Crippen molar-refractivity contribution < 1.29 is 23.1 Å². The molecule has 0 aliphatic rings. The molecular weight excluding hydrogens is 320 g/mol. The van der Waals surface area contributed by atoms with E-state index in [1.54, 1.807) is 0 Å². The molecule has 0 bridgehead atoms. The molecule has 8 heteroatoms. The fourth-order valence-electron chi connectivity index (χ4n) is 2.13. The lowest BCUT2D eigenvalue weighted by Crippen LogP contribution is -2.27. The Morgan fingerprint density at radius 2 is 2.09 bits per heavy atom. The number of carboxylic acids is 1. The number of anilines is 1. The first-order valence-electron chi connectivity index (χ1n) is 7.44. The second-order valence-electron chi connectivity index (χ2n) is 5.24. The topological polar surface area (TPSA) is 105 Å². The third kappa shape index (κ3) is 5.81. The Bertz CT molecular complexity index is 631. The Labute approximate surface area is 137 Å². The minimum Gasteiger partial charge on any atom is -0.478 e. The highest BCUT2D eigenvalue weighted by molar-refractivity contribution is 7.89. The fourth-order valence-corrected chi connectivity index (χ4v) is 3.16. The van der Waals surface area contributed by atoms with E-state index in [-0.39, 0.29) is 29.7 Å². The van der Waals surface area contributed by atoms with Gasteiger partial charge in [0.1, 0.15) is 0 Å². The summed E-state index contributed by atoms with van der Waals surface area (Å²) in [5, 5.41) is 12.4. The summed E-state index contributed by atoms with van der Waals surface area (Å²) < 4.78 is 31.4. The molecule has 0 radical (unpaired) electrons. The van der Waals surface area contributed by atoms with Crippen molar-refractivity contribution in [2.75, 3.05) is 25.6 Å². The van der Waals surface area contributed by atoms with E-state index in [1.807, 2.05) is 13.8 Å². The van der Waals surface area contributed by atoms with Crippen LogP contribution < -0.4 is 10.0 Å². The first kappa shape index (κ1) is 19.4. The van der Waals surface area contributed by atoms with E-state index in [2.05, 4.69) is 10.0 Å². The van der Waals surface area contributed by atoms with Gasteiger partial charge in [0.05, 0.1) is 17.1 Å². The van der Waals surface area contributed by atoms with E-state index in [1.165, 1.54) is 25.3 Å². The Hall–Kier alpha value is -1.64. The van der Waals surface area contributed by atoms with Crippen LogP contribution >= 0.6 is 0 Å². The molecule has 0 aliphatic heterocycles. The lowest BCUT2D eigenvalue weighted by atomic mass is 10.1. The molecule has 0 spiro atoms. The summed E-state index contributed by atoms with van der Waals surface area (Å²) in [7, 11) is -2.30. The van der Waals surface area contributed by atoms with Gasteiger partial charge >= 0.3 is 5.97 Å². The van der Waals surface area contributed by atoms with Crippen LogP contribution in [-0.2, 0) is 14.8 Å². The van der Waals surface area contributed by atoms with Gasteiger partial charge in [0.25, 0.3) is 0 Å². The third-order valence-electron chi connectivity index (χ3n) is 3.25. The summed E-state index contributed by atoms with van der Waals surface area (Å²) in [5.74, 6) is -1.18. The van der Waals surface area contributed by atoms with Crippen LogP contribution in [0.4, 0.5) is 5.69 Å². The first-order valence-corrected chi connectivity index (χ1v) is 8.92. The lowest BCUT2D eigenvalue weighted by molar-refractivity contribution is 0.0697. The van der Waals surface area contributed by atoms with Crippen molar-refractivity contribution >= 4 is 21.7 Å². The normalized spacial score (nSPS) is 12.8. The second-order valence-corrected chi connectivity index (χ2v) is 7.00. The lowest BCUT2D eigenvalue weighted by Gasteiger charge is -2.17. The number of aromatic carboxylic acids is 1. The van der Waals surface area contributed by atoms with Crippen molar-refractivity contribution in [2.24, 2.45) is 0 Å². The number of methoxy groups -OCH3 is 1. The largest absolute Gasteiger partial charge is 0.478 e. The van der Waals surface area contributed by atoms with Crippen LogP contribution in [0.3, 0.4) is 0 Å². The quantitative estimate of drug-likeness (QED) is 0.560. The minimum atomic E-state index is -3.77. The Balaban J connectivity index is 3.05. The molecule has 1 atom stereocenters. The van der Waals surface area contributed by atoms with Gasteiger partial charge < -0.3 is 15.2 Å². The van der Waals surface area contributed by atoms with Gasteiger partial charge in [-0.05, 0) is 31.5 Å². The number of hydrogen-bond donors (Lipinski definition) is 3. The van der Waals surface area contributed by atoms with Crippen molar-refractivity contribution in [3.63, 3.8) is 0 Å². The smallest absolute Gasteiger partial charge is 0.337 e. The van der Waals surface area contributed by atoms with E-state index in [9.17, 15) is 18.3 Å². The molecule has 0 aromatic heterocycles. The van der Waals surface area contributed by atoms with Crippen LogP contribution in [0, 0.1) is 0 Å². The van der Waals surface area contributed by atoms with Gasteiger partial charge in [-0.15, -0.1) is 0 Å². The van der Waals surface area contributed by atoms with Crippen LogP contribution in [-0.4, -0.2) is 45.8 Å². The predicted molar refractivity (Wildman–Crippen MR) is 88.5 cm³/mol. The predicted octanol–water partition coefficient (Wildman–Crippen LogP) is 1.91. The monoisotopic (exact) mass is 344 g/mol. The second kappa shape index (κ2) is 8.85. The zero-order chi connectivity index (χ0) is 17.5. The molecule has 1 aromatic carbocycles. The van der Waals surface area contributed by atoms with Gasteiger partial charge in [-0.3, -0.25) is 0 Å². The number of nitrogens with one attached hydrogen (secondary N) is 2. The van der Waals surface area contributed by atoms with Gasteiger partial charge in [0, 0.05) is 25.4 Å². The number of sulfonamides is 1. The third-order valence-corrected chi connectivity index (χ3v) is 4.71. The Morgan fingerprint density at radius 3 is 2.65 bits per heavy atom. The maximum absolute atomic E-state index is 12.1. The van der Waals surface area contributed by atoms with E-state index in [0.29, 0.717) is 5.69 Å². The molecule has 1 rings (SSSR count). The van der Waals surface area contributed by atoms with E-state index >= 15 is 0 Å². The average molecular weight is 344 g/mol. The molecule has 130 valence electrons. The maximum atomic E-state index is 12.1. The summed E-state index contributed by atoms with van der Waals surface area (Å²) in [5.41, 5.74) is 0.344. The van der Waals surface area contributed by atoms with Crippen molar-refractivity contribution in [1.82, 2.24) is 4.72 Å². The molecule has 7 nitrogen and oxygen atoms in total. The number of carboxylic acid groups (broad SMARTS) is 1. The van der Waals surface area contributed by atoms with Gasteiger partial charge in [-0.2, -0.15) is 0 Å². The summed E-state index contributed by atoms with van der Waals surface area (Å²) >= 11 is 0. The maximum Gasteiger partial charge on any atom is 0.337 e. The molecular formula is C15H24N2O5S. The number of carbonyl (C=O) groups is 1. The van der Waals surface area contributed by atoms with E-state index < -0.39 is 16.0 Å². The summed E-state index contributed by atoms with van der Waals surface area (Å²) in [6.07, 6.45) is 1.85. The highest BCUT2D eigenvalue weighted by atomic mass is 32.2.